The molecular formula is C17H18FN3O5. The van der Waals surface area contributed by atoms with E-state index in [9.17, 15) is 23.6 Å². The lowest BCUT2D eigenvalue weighted by molar-refractivity contribution is -0.125. The number of rotatable bonds is 3. The molecule has 2 aliphatic rings. The van der Waals surface area contributed by atoms with E-state index in [0.717, 1.165) is 6.07 Å². The quantitative estimate of drug-likeness (QED) is 0.692. The van der Waals surface area contributed by atoms with Crippen molar-refractivity contribution in [3.63, 3.8) is 0 Å². The van der Waals surface area contributed by atoms with Gasteiger partial charge in [-0.3, -0.25) is 14.9 Å². The highest BCUT2D eigenvalue weighted by Crippen LogP contribution is 2.31. The maximum atomic E-state index is 14.1. The molecule has 0 aromatic heterocycles. The number of likely N-dealkylation sites (tertiary alicyclic amines) is 1. The van der Waals surface area contributed by atoms with E-state index in [1.54, 1.807) is 6.92 Å². The summed E-state index contributed by atoms with van der Waals surface area (Å²) >= 11 is 0. The average molecular weight is 363 g/mol. The van der Waals surface area contributed by atoms with E-state index in [0.29, 0.717) is 25.9 Å². The molecule has 9 heteroatoms. The molecule has 0 bridgehead atoms. The van der Waals surface area contributed by atoms with Crippen molar-refractivity contribution in [2.75, 3.05) is 13.1 Å². The van der Waals surface area contributed by atoms with Gasteiger partial charge in [0.15, 0.2) is 0 Å². The van der Waals surface area contributed by atoms with Crippen molar-refractivity contribution in [2.24, 2.45) is 5.92 Å². The minimum absolute atomic E-state index is 0.141. The molecule has 2 fully saturated rings. The summed E-state index contributed by atoms with van der Waals surface area (Å²) in [6.45, 7) is 2.27. The van der Waals surface area contributed by atoms with Gasteiger partial charge in [-0.25, -0.2) is 14.0 Å². The second kappa shape index (κ2) is 6.40. The molecule has 3 rings (SSSR count). The molecule has 138 valence electrons. The Balaban J connectivity index is 1.68. The van der Waals surface area contributed by atoms with Crippen LogP contribution < -0.4 is 10.6 Å². The molecule has 1 unspecified atom stereocenters. The maximum absolute atomic E-state index is 14.1. The van der Waals surface area contributed by atoms with E-state index in [-0.39, 0.29) is 23.0 Å². The number of carbonyl (C=O) groups is 4. The lowest BCUT2D eigenvalue weighted by Gasteiger charge is -2.38. The van der Waals surface area contributed by atoms with Crippen molar-refractivity contribution in [3.05, 3.63) is 35.1 Å². The van der Waals surface area contributed by atoms with Crippen molar-refractivity contribution in [2.45, 2.75) is 25.3 Å². The Morgan fingerprint density at radius 1 is 1.27 bits per heavy atom. The van der Waals surface area contributed by atoms with Crippen LogP contribution in [0.25, 0.3) is 0 Å². The predicted octanol–water partition coefficient (Wildman–Crippen LogP) is 0.974. The Labute approximate surface area is 148 Å². The molecule has 0 saturated carbocycles. The molecule has 26 heavy (non-hydrogen) atoms. The lowest BCUT2D eigenvalue weighted by Crippen LogP contribution is -2.54. The number of carbonyl (C=O) groups excluding carboxylic acids is 3. The van der Waals surface area contributed by atoms with Crippen LogP contribution in [-0.2, 0) is 4.79 Å². The third-order valence-corrected chi connectivity index (χ3v) is 5.12. The number of halogens is 1. The Kier molecular flexibility index (Phi) is 4.39. The van der Waals surface area contributed by atoms with Gasteiger partial charge < -0.3 is 15.3 Å². The monoisotopic (exact) mass is 363 g/mol. The first-order chi connectivity index (χ1) is 12.2. The standard InChI is InChI=1S/C17H18FN3O5/c1-17(15(25)19-16(26)20-17)10-4-6-21(7-5-10)13(22)11-3-2-9(14(23)24)8-12(11)18/h2-3,8,10H,4-7H2,1H3,(H,23,24)(H2,19,20,25,26). The number of hydrogen-bond donors (Lipinski definition) is 3. The Morgan fingerprint density at radius 2 is 1.92 bits per heavy atom. The molecular weight excluding hydrogens is 345 g/mol. The highest BCUT2D eigenvalue weighted by atomic mass is 19.1. The highest BCUT2D eigenvalue weighted by molar-refractivity contribution is 6.07. The number of piperidine rings is 1. The van der Waals surface area contributed by atoms with Crippen LogP contribution in [0.1, 0.15) is 40.5 Å². The van der Waals surface area contributed by atoms with E-state index in [4.69, 9.17) is 5.11 Å². The minimum atomic E-state index is -1.27. The van der Waals surface area contributed by atoms with Crippen LogP contribution >= 0.6 is 0 Å². The second-order valence-corrected chi connectivity index (χ2v) is 6.68. The van der Waals surface area contributed by atoms with Crippen molar-refractivity contribution in [1.29, 1.82) is 0 Å². The fraction of sp³-hybridized carbons (Fsp3) is 0.412. The van der Waals surface area contributed by atoms with Gasteiger partial charge in [-0.1, -0.05) is 0 Å². The molecule has 8 nitrogen and oxygen atoms in total. The first kappa shape index (κ1) is 17.8. The summed E-state index contributed by atoms with van der Waals surface area (Å²) in [6.07, 6.45) is 0.954. The summed E-state index contributed by atoms with van der Waals surface area (Å²) in [5, 5.41) is 13.7. The molecule has 2 saturated heterocycles. The molecule has 2 heterocycles. The van der Waals surface area contributed by atoms with Gasteiger partial charge in [0.05, 0.1) is 11.1 Å². The number of nitrogens with one attached hydrogen (secondary N) is 2. The third kappa shape index (κ3) is 3.00. The fourth-order valence-electron chi connectivity index (χ4n) is 3.50. The van der Waals surface area contributed by atoms with E-state index in [2.05, 4.69) is 10.6 Å². The molecule has 1 atom stereocenters. The van der Waals surface area contributed by atoms with Crippen LogP contribution in [-0.4, -0.2) is 52.4 Å². The van der Waals surface area contributed by atoms with Crippen molar-refractivity contribution < 1.29 is 28.7 Å². The fourth-order valence-corrected chi connectivity index (χ4v) is 3.50. The summed E-state index contributed by atoms with van der Waals surface area (Å²) < 4.78 is 14.1. The molecule has 0 aliphatic carbocycles. The molecule has 1 aromatic rings. The van der Waals surface area contributed by atoms with Gasteiger partial charge >= 0.3 is 12.0 Å². The van der Waals surface area contributed by atoms with Gasteiger partial charge in [-0.05, 0) is 43.9 Å². The van der Waals surface area contributed by atoms with Gasteiger partial charge in [0, 0.05) is 13.1 Å². The highest BCUT2D eigenvalue weighted by Gasteiger charge is 2.48. The van der Waals surface area contributed by atoms with E-state index < -0.39 is 29.3 Å². The van der Waals surface area contributed by atoms with Gasteiger partial charge in [-0.15, -0.1) is 0 Å². The number of benzene rings is 1. The molecule has 2 aliphatic heterocycles. The van der Waals surface area contributed by atoms with Crippen LogP contribution in [0.5, 0.6) is 0 Å². The average Bonchev–Trinajstić information content (AvgIpc) is 2.87. The summed E-state index contributed by atoms with van der Waals surface area (Å²) in [4.78, 5) is 48.2. The Hall–Kier alpha value is -2.97. The summed E-state index contributed by atoms with van der Waals surface area (Å²) in [5.41, 5.74) is -1.43. The first-order valence-electron chi connectivity index (χ1n) is 8.18. The summed E-state index contributed by atoms with van der Waals surface area (Å²) in [7, 11) is 0. The van der Waals surface area contributed by atoms with Crippen molar-refractivity contribution >= 4 is 23.8 Å². The van der Waals surface area contributed by atoms with Crippen molar-refractivity contribution in [3.8, 4) is 0 Å². The van der Waals surface area contributed by atoms with Gasteiger partial charge in [0.25, 0.3) is 11.8 Å². The SMILES string of the molecule is CC1(C2CCN(C(=O)c3ccc(C(=O)O)cc3F)CC2)NC(=O)NC1=O. The zero-order chi connectivity index (χ0) is 19.1. The number of amides is 4. The second-order valence-electron chi connectivity index (χ2n) is 6.68. The molecule has 0 radical (unpaired) electrons. The number of aromatic carboxylic acids is 1. The lowest BCUT2D eigenvalue weighted by atomic mass is 9.79. The smallest absolute Gasteiger partial charge is 0.335 e. The van der Waals surface area contributed by atoms with Crippen LogP contribution in [0.2, 0.25) is 0 Å². The minimum Gasteiger partial charge on any atom is -0.478 e. The number of hydrogen-bond acceptors (Lipinski definition) is 4. The van der Waals surface area contributed by atoms with E-state index in [1.807, 2.05) is 0 Å². The largest absolute Gasteiger partial charge is 0.478 e. The zero-order valence-corrected chi connectivity index (χ0v) is 14.0. The first-order valence-corrected chi connectivity index (χ1v) is 8.18. The van der Waals surface area contributed by atoms with Crippen LogP contribution in [0.3, 0.4) is 0 Å². The van der Waals surface area contributed by atoms with Crippen LogP contribution in [0.4, 0.5) is 9.18 Å². The van der Waals surface area contributed by atoms with Gasteiger partial charge in [0.1, 0.15) is 11.4 Å². The number of carboxylic acids is 1. The number of nitrogens with zero attached hydrogens (tertiary/aromatic N) is 1. The maximum Gasteiger partial charge on any atom is 0.335 e. The molecule has 1 aromatic carbocycles. The number of imide groups is 1. The zero-order valence-electron chi connectivity index (χ0n) is 14.0. The number of urea groups is 1. The van der Waals surface area contributed by atoms with Crippen LogP contribution in [0.15, 0.2) is 18.2 Å². The van der Waals surface area contributed by atoms with Gasteiger partial charge in [-0.2, -0.15) is 0 Å². The summed E-state index contributed by atoms with van der Waals surface area (Å²) in [6, 6.07) is 2.64. The normalized spacial score (nSPS) is 23.5. The molecule has 4 amide bonds. The summed E-state index contributed by atoms with van der Waals surface area (Å²) in [5.74, 6) is -3.21. The molecule has 0 spiro atoms. The topological polar surface area (TPSA) is 116 Å². The van der Waals surface area contributed by atoms with E-state index >= 15 is 0 Å². The predicted molar refractivity (Wildman–Crippen MR) is 87.1 cm³/mol. The van der Waals surface area contributed by atoms with Crippen molar-refractivity contribution in [1.82, 2.24) is 15.5 Å². The van der Waals surface area contributed by atoms with Crippen LogP contribution in [0, 0.1) is 11.7 Å². The Morgan fingerprint density at radius 3 is 2.42 bits per heavy atom. The number of carboxylic acid groups (broad SMARTS) is 1. The Bertz CT molecular complexity index is 804. The van der Waals surface area contributed by atoms with E-state index in [1.165, 1.54) is 17.0 Å². The molecule has 3 N–H and O–H groups in total. The van der Waals surface area contributed by atoms with Gasteiger partial charge in [0.2, 0.25) is 0 Å². The third-order valence-electron chi connectivity index (χ3n) is 5.12.